The smallest absolute Gasteiger partial charge is 0.320 e. The number of amides is 2. The molecule has 7 nitrogen and oxygen atoms in total. The number of nitrogens with two attached hydrogens (primary N) is 2. The maximum absolute atomic E-state index is 11.6. The SMILES string of the molecule is CCC(N)/C=C\N(C(N)=O)[C@@H]1C[C@H](OC)[C@@H](COC)O1. The predicted octanol–water partition coefficient (Wildman–Crippen LogP) is 0.395. The van der Waals surface area contributed by atoms with E-state index in [-0.39, 0.29) is 18.2 Å². The molecule has 2 amide bonds. The lowest BCUT2D eigenvalue weighted by molar-refractivity contribution is -0.0665. The summed E-state index contributed by atoms with van der Waals surface area (Å²) < 4.78 is 16.2. The van der Waals surface area contributed by atoms with Gasteiger partial charge in [0, 0.05) is 32.9 Å². The Bertz CT molecular complexity index is 338. The number of hydrogen-bond donors (Lipinski definition) is 2. The van der Waals surface area contributed by atoms with E-state index in [1.54, 1.807) is 26.5 Å². The minimum absolute atomic E-state index is 0.119. The summed E-state index contributed by atoms with van der Waals surface area (Å²) in [7, 11) is 3.20. The molecule has 0 radical (unpaired) electrons. The quantitative estimate of drug-likeness (QED) is 0.705. The third-order valence-electron chi connectivity index (χ3n) is 3.34. The number of carbonyl (C=O) groups excluding carboxylic acids is 1. The fourth-order valence-corrected chi connectivity index (χ4v) is 2.08. The molecule has 1 fully saturated rings. The van der Waals surface area contributed by atoms with Crippen LogP contribution < -0.4 is 11.5 Å². The van der Waals surface area contributed by atoms with Gasteiger partial charge in [-0.3, -0.25) is 4.90 Å². The van der Waals surface area contributed by atoms with E-state index in [0.717, 1.165) is 6.42 Å². The van der Waals surface area contributed by atoms with Crippen molar-refractivity contribution in [2.75, 3.05) is 20.8 Å². The van der Waals surface area contributed by atoms with Crippen molar-refractivity contribution in [1.82, 2.24) is 4.90 Å². The van der Waals surface area contributed by atoms with Gasteiger partial charge in [0.15, 0.2) is 0 Å². The molecule has 0 saturated carbocycles. The lowest BCUT2D eigenvalue weighted by Gasteiger charge is -2.23. The second kappa shape index (κ2) is 8.21. The molecule has 1 heterocycles. The lowest BCUT2D eigenvalue weighted by atomic mass is 10.2. The van der Waals surface area contributed by atoms with Crippen molar-refractivity contribution in [3.63, 3.8) is 0 Å². The molecule has 0 aromatic heterocycles. The number of methoxy groups -OCH3 is 2. The summed E-state index contributed by atoms with van der Waals surface area (Å²) in [5.41, 5.74) is 11.2. The Labute approximate surface area is 119 Å². The first-order chi connectivity index (χ1) is 9.53. The average molecular weight is 287 g/mol. The van der Waals surface area contributed by atoms with Crippen LogP contribution in [0.3, 0.4) is 0 Å². The molecule has 4 atom stereocenters. The van der Waals surface area contributed by atoms with Crippen molar-refractivity contribution in [2.24, 2.45) is 11.5 Å². The first-order valence-electron chi connectivity index (χ1n) is 6.72. The van der Waals surface area contributed by atoms with Gasteiger partial charge in [-0.1, -0.05) is 13.0 Å². The van der Waals surface area contributed by atoms with E-state index in [9.17, 15) is 4.79 Å². The zero-order chi connectivity index (χ0) is 15.1. The fraction of sp³-hybridized carbons (Fsp3) is 0.769. The van der Waals surface area contributed by atoms with Crippen LogP contribution in [-0.2, 0) is 14.2 Å². The van der Waals surface area contributed by atoms with Gasteiger partial charge in [0.05, 0.1) is 12.7 Å². The third-order valence-corrected chi connectivity index (χ3v) is 3.34. The van der Waals surface area contributed by atoms with Crippen LogP contribution in [0.4, 0.5) is 4.79 Å². The Morgan fingerprint density at radius 3 is 2.75 bits per heavy atom. The van der Waals surface area contributed by atoms with E-state index >= 15 is 0 Å². The molecule has 7 heteroatoms. The number of urea groups is 1. The summed E-state index contributed by atoms with van der Waals surface area (Å²) in [4.78, 5) is 12.9. The summed E-state index contributed by atoms with van der Waals surface area (Å²) in [6.07, 6.45) is 3.83. The maximum Gasteiger partial charge on any atom is 0.320 e. The summed E-state index contributed by atoms with van der Waals surface area (Å²) in [6, 6.07) is -0.700. The summed E-state index contributed by atoms with van der Waals surface area (Å²) in [5, 5.41) is 0. The van der Waals surface area contributed by atoms with Gasteiger partial charge < -0.3 is 25.7 Å². The van der Waals surface area contributed by atoms with Crippen molar-refractivity contribution in [3.8, 4) is 0 Å². The molecule has 0 aliphatic carbocycles. The monoisotopic (exact) mass is 287 g/mol. The molecule has 20 heavy (non-hydrogen) atoms. The van der Waals surface area contributed by atoms with Crippen LogP contribution in [0.5, 0.6) is 0 Å². The summed E-state index contributed by atoms with van der Waals surface area (Å²) >= 11 is 0. The van der Waals surface area contributed by atoms with Crippen LogP contribution in [0.1, 0.15) is 19.8 Å². The van der Waals surface area contributed by atoms with Gasteiger partial charge in [-0.15, -0.1) is 0 Å². The van der Waals surface area contributed by atoms with Gasteiger partial charge in [-0.25, -0.2) is 4.79 Å². The van der Waals surface area contributed by atoms with Crippen LogP contribution in [0.2, 0.25) is 0 Å². The molecule has 116 valence electrons. The Balaban J connectivity index is 2.73. The number of rotatable bonds is 7. The lowest BCUT2D eigenvalue weighted by Crippen LogP contribution is -2.40. The van der Waals surface area contributed by atoms with Crippen molar-refractivity contribution in [1.29, 1.82) is 0 Å². The second-order valence-electron chi connectivity index (χ2n) is 4.75. The van der Waals surface area contributed by atoms with Gasteiger partial charge in [-0.05, 0) is 6.42 Å². The number of nitrogens with zero attached hydrogens (tertiary/aromatic N) is 1. The predicted molar refractivity (Wildman–Crippen MR) is 74.8 cm³/mol. The van der Waals surface area contributed by atoms with Crippen LogP contribution in [0, 0.1) is 0 Å². The van der Waals surface area contributed by atoms with Crippen LogP contribution >= 0.6 is 0 Å². The minimum atomic E-state index is -0.581. The van der Waals surface area contributed by atoms with Crippen molar-refractivity contribution in [2.45, 2.75) is 44.2 Å². The highest BCUT2D eigenvalue weighted by atomic mass is 16.6. The molecule has 0 aromatic rings. The molecular formula is C13H25N3O4. The Kier molecular flexibility index (Phi) is 6.94. The van der Waals surface area contributed by atoms with Crippen LogP contribution in [0.25, 0.3) is 0 Å². The molecule has 1 saturated heterocycles. The number of carbonyl (C=O) groups is 1. The van der Waals surface area contributed by atoms with E-state index in [4.69, 9.17) is 25.7 Å². The zero-order valence-corrected chi connectivity index (χ0v) is 12.3. The van der Waals surface area contributed by atoms with Crippen molar-refractivity contribution >= 4 is 6.03 Å². The Hall–Kier alpha value is -1.15. The normalized spacial score (nSPS) is 27.9. The van der Waals surface area contributed by atoms with E-state index < -0.39 is 12.3 Å². The second-order valence-corrected chi connectivity index (χ2v) is 4.75. The van der Waals surface area contributed by atoms with E-state index in [1.807, 2.05) is 6.92 Å². The van der Waals surface area contributed by atoms with Crippen molar-refractivity contribution in [3.05, 3.63) is 12.3 Å². The highest BCUT2D eigenvalue weighted by molar-refractivity contribution is 5.73. The van der Waals surface area contributed by atoms with Crippen LogP contribution in [-0.4, -0.2) is 56.2 Å². The first-order valence-corrected chi connectivity index (χ1v) is 6.72. The summed E-state index contributed by atoms with van der Waals surface area (Å²) in [5.74, 6) is 0. The Morgan fingerprint density at radius 1 is 1.55 bits per heavy atom. The number of ether oxygens (including phenoxy) is 3. The molecule has 1 unspecified atom stereocenters. The fourth-order valence-electron chi connectivity index (χ4n) is 2.08. The highest BCUT2D eigenvalue weighted by Crippen LogP contribution is 2.26. The summed E-state index contributed by atoms with van der Waals surface area (Å²) in [6.45, 7) is 2.37. The van der Waals surface area contributed by atoms with E-state index in [1.165, 1.54) is 4.90 Å². The topological polar surface area (TPSA) is 100 Å². The maximum atomic E-state index is 11.6. The third kappa shape index (κ3) is 4.45. The van der Waals surface area contributed by atoms with Gasteiger partial charge in [0.1, 0.15) is 12.3 Å². The molecule has 4 N–H and O–H groups in total. The van der Waals surface area contributed by atoms with Gasteiger partial charge in [-0.2, -0.15) is 0 Å². The molecule has 0 bridgehead atoms. The van der Waals surface area contributed by atoms with Crippen LogP contribution in [0.15, 0.2) is 12.3 Å². The molecule has 1 rings (SSSR count). The largest absolute Gasteiger partial charge is 0.382 e. The number of hydrogen-bond acceptors (Lipinski definition) is 5. The average Bonchev–Trinajstić information content (AvgIpc) is 2.81. The standard InChI is InChI=1S/C13H25N3O4/c1-4-9(14)5-6-16(13(15)17)12-7-10(19-3)11(20-12)8-18-2/h5-6,9-12H,4,7-8,14H2,1-3H3,(H2,15,17)/b6-5-/t9?,10-,11+,12-/m0/s1. The molecule has 1 aliphatic heterocycles. The van der Waals surface area contributed by atoms with E-state index in [0.29, 0.717) is 13.0 Å². The Morgan fingerprint density at radius 2 is 2.25 bits per heavy atom. The molecule has 1 aliphatic rings. The highest BCUT2D eigenvalue weighted by Gasteiger charge is 2.39. The van der Waals surface area contributed by atoms with Gasteiger partial charge in [0.2, 0.25) is 0 Å². The number of primary amides is 1. The minimum Gasteiger partial charge on any atom is -0.382 e. The molecule has 0 aromatic carbocycles. The molecule has 0 spiro atoms. The van der Waals surface area contributed by atoms with Gasteiger partial charge in [0.25, 0.3) is 0 Å². The van der Waals surface area contributed by atoms with E-state index in [2.05, 4.69) is 0 Å². The first kappa shape index (κ1) is 16.9. The van der Waals surface area contributed by atoms with Gasteiger partial charge >= 0.3 is 6.03 Å². The molecular weight excluding hydrogens is 262 g/mol. The zero-order valence-electron chi connectivity index (χ0n) is 12.3. The van der Waals surface area contributed by atoms with Crippen molar-refractivity contribution < 1.29 is 19.0 Å².